The summed E-state index contributed by atoms with van der Waals surface area (Å²) >= 11 is 0. The number of carbonyl (C=O) groups excluding carboxylic acids is 1. The number of hydrogen-bond donors (Lipinski definition) is 1. The van der Waals surface area contributed by atoms with Crippen LogP contribution in [0.5, 0.6) is 5.75 Å². The monoisotopic (exact) mass is 250 g/mol. The van der Waals surface area contributed by atoms with Crippen LogP contribution in [0.25, 0.3) is 0 Å². The van der Waals surface area contributed by atoms with Crippen molar-refractivity contribution in [3.05, 3.63) is 24.0 Å². The van der Waals surface area contributed by atoms with Gasteiger partial charge in [-0.3, -0.25) is 0 Å². The molecule has 1 fully saturated rings. The van der Waals surface area contributed by atoms with E-state index in [1.807, 2.05) is 0 Å². The molecule has 0 spiro atoms. The van der Waals surface area contributed by atoms with Crippen molar-refractivity contribution in [1.29, 1.82) is 0 Å². The van der Waals surface area contributed by atoms with E-state index in [1.54, 1.807) is 18.3 Å². The van der Waals surface area contributed by atoms with Gasteiger partial charge >= 0.3 is 5.97 Å². The van der Waals surface area contributed by atoms with Crippen molar-refractivity contribution >= 4 is 5.97 Å². The Morgan fingerprint density at radius 3 is 3.11 bits per heavy atom. The summed E-state index contributed by atoms with van der Waals surface area (Å²) in [5, 5.41) is 0. The van der Waals surface area contributed by atoms with Crippen molar-refractivity contribution in [1.82, 2.24) is 4.98 Å². The first kappa shape index (κ1) is 12.8. The molecule has 18 heavy (non-hydrogen) atoms. The zero-order chi connectivity index (χ0) is 13.0. The molecule has 1 aromatic heterocycles. The average Bonchev–Trinajstić information content (AvgIpc) is 2.85. The molecule has 5 heteroatoms. The molecular weight excluding hydrogens is 232 g/mol. The van der Waals surface area contributed by atoms with Gasteiger partial charge in [0.1, 0.15) is 11.9 Å². The summed E-state index contributed by atoms with van der Waals surface area (Å²) in [5.74, 6) is 0.595. The van der Waals surface area contributed by atoms with Gasteiger partial charge in [-0.15, -0.1) is 0 Å². The van der Waals surface area contributed by atoms with Gasteiger partial charge < -0.3 is 15.2 Å². The minimum absolute atomic E-state index is 0.142. The molecule has 1 aromatic rings. The van der Waals surface area contributed by atoms with Crippen LogP contribution < -0.4 is 10.5 Å². The van der Waals surface area contributed by atoms with Crippen LogP contribution in [0.1, 0.15) is 29.8 Å². The number of carbonyl (C=O) groups is 1. The molecule has 0 saturated heterocycles. The number of methoxy groups -OCH3 is 1. The number of rotatable bonds is 4. The van der Waals surface area contributed by atoms with E-state index in [9.17, 15) is 4.79 Å². The summed E-state index contributed by atoms with van der Waals surface area (Å²) in [6.45, 7) is 0.639. The highest BCUT2D eigenvalue weighted by atomic mass is 16.5. The average molecular weight is 250 g/mol. The van der Waals surface area contributed by atoms with Crippen LogP contribution in [-0.2, 0) is 4.74 Å². The first-order valence-corrected chi connectivity index (χ1v) is 6.15. The summed E-state index contributed by atoms with van der Waals surface area (Å²) in [5.41, 5.74) is 5.97. The fraction of sp³-hybridized carbons (Fsp3) is 0.538. The molecule has 0 amide bonds. The molecule has 2 rings (SSSR count). The Labute approximate surface area is 106 Å². The van der Waals surface area contributed by atoms with Crippen molar-refractivity contribution in [3.8, 4) is 5.75 Å². The Hall–Kier alpha value is -1.62. The van der Waals surface area contributed by atoms with E-state index >= 15 is 0 Å². The fourth-order valence-electron chi connectivity index (χ4n) is 2.30. The molecule has 0 bridgehead atoms. The van der Waals surface area contributed by atoms with Crippen molar-refractivity contribution in [2.75, 3.05) is 13.7 Å². The third kappa shape index (κ3) is 2.79. The van der Waals surface area contributed by atoms with Gasteiger partial charge in [0, 0.05) is 18.2 Å². The highest BCUT2D eigenvalue weighted by Gasteiger charge is 2.27. The normalized spacial score (nSPS) is 22.8. The lowest BCUT2D eigenvalue weighted by Crippen LogP contribution is -2.27. The van der Waals surface area contributed by atoms with Crippen molar-refractivity contribution in [3.63, 3.8) is 0 Å². The molecule has 5 nitrogen and oxygen atoms in total. The van der Waals surface area contributed by atoms with Gasteiger partial charge in [0.25, 0.3) is 0 Å². The van der Waals surface area contributed by atoms with Crippen molar-refractivity contribution in [2.45, 2.75) is 25.4 Å². The molecule has 0 aromatic carbocycles. The largest absolute Gasteiger partial charge is 0.490 e. The van der Waals surface area contributed by atoms with Crippen LogP contribution in [0.4, 0.5) is 0 Å². The SMILES string of the molecule is COC(=O)c1cc(OC2CCCC2CN)ccn1. The second-order valence-corrected chi connectivity index (χ2v) is 4.45. The summed E-state index contributed by atoms with van der Waals surface area (Å²) < 4.78 is 10.5. The number of nitrogens with two attached hydrogens (primary N) is 1. The molecule has 2 N–H and O–H groups in total. The summed E-state index contributed by atoms with van der Waals surface area (Å²) in [7, 11) is 1.33. The highest BCUT2D eigenvalue weighted by molar-refractivity contribution is 5.87. The number of ether oxygens (including phenoxy) is 2. The third-order valence-corrected chi connectivity index (χ3v) is 3.31. The molecule has 2 atom stereocenters. The lowest BCUT2D eigenvalue weighted by molar-refractivity contribution is 0.0592. The Kier molecular flexibility index (Phi) is 4.15. The van der Waals surface area contributed by atoms with Gasteiger partial charge in [-0.25, -0.2) is 9.78 Å². The van der Waals surface area contributed by atoms with Crippen molar-refractivity contribution in [2.24, 2.45) is 11.7 Å². The molecule has 1 aliphatic rings. The number of nitrogens with zero attached hydrogens (tertiary/aromatic N) is 1. The Bertz CT molecular complexity index is 422. The minimum atomic E-state index is -0.456. The maximum Gasteiger partial charge on any atom is 0.356 e. The zero-order valence-corrected chi connectivity index (χ0v) is 10.5. The highest BCUT2D eigenvalue weighted by Crippen LogP contribution is 2.29. The summed E-state index contributed by atoms with van der Waals surface area (Å²) in [6, 6.07) is 3.36. The van der Waals surface area contributed by atoms with Crippen LogP contribution in [0.15, 0.2) is 18.3 Å². The van der Waals surface area contributed by atoms with Crippen LogP contribution in [-0.4, -0.2) is 30.7 Å². The minimum Gasteiger partial charge on any atom is -0.490 e. The molecule has 0 radical (unpaired) electrons. The van der Waals surface area contributed by atoms with E-state index in [0.717, 1.165) is 19.3 Å². The van der Waals surface area contributed by atoms with E-state index in [4.69, 9.17) is 10.5 Å². The maximum atomic E-state index is 11.4. The standard InChI is InChI=1S/C13H18N2O3/c1-17-13(16)11-7-10(5-6-15-11)18-12-4-2-3-9(12)8-14/h5-7,9,12H,2-4,8,14H2,1H3. The number of aromatic nitrogens is 1. The quantitative estimate of drug-likeness (QED) is 0.817. The Balaban J connectivity index is 2.07. The second-order valence-electron chi connectivity index (χ2n) is 4.45. The molecule has 1 saturated carbocycles. The van der Waals surface area contributed by atoms with Crippen LogP contribution in [0.3, 0.4) is 0 Å². The van der Waals surface area contributed by atoms with Crippen molar-refractivity contribution < 1.29 is 14.3 Å². The fourth-order valence-corrected chi connectivity index (χ4v) is 2.30. The van der Waals surface area contributed by atoms with Gasteiger partial charge in [0.05, 0.1) is 7.11 Å². The lowest BCUT2D eigenvalue weighted by atomic mass is 10.1. The van der Waals surface area contributed by atoms with E-state index in [-0.39, 0.29) is 11.8 Å². The van der Waals surface area contributed by atoms with Gasteiger partial charge in [-0.05, 0) is 31.9 Å². The zero-order valence-electron chi connectivity index (χ0n) is 10.5. The third-order valence-electron chi connectivity index (χ3n) is 3.31. The number of hydrogen-bond acceptors (Lipinski definition) is 5. The molecule has 98 valence electrons. The van der Waals surface area contributed by atoms with Gasteiger partial charge in [0.2, 0.25) is 0 Å². The van der Waals surface area contributed by atoms with E-state index in [1.165, 1.54) is 7.11 Å². The molecule has 1 aliphatic carbocycles. The first-order valence-electron chi connectivity index (χ1n) is 6.15. The predicted molar refractivity (Wildman–Crippen MR) is 66.4 cm³/mol. The topological polar surface area (TPSA) is 74.4 Å². The predicted octanol–water partition coefficient (Wildman–Crippen LogP) is 1.37. The van der Waals surface area contributed by atoms with Crippen LogP contribution in [0, 0.1) is 5.92 Å². The Morgan fingerprint density at radius 1 is 1.56 bits per heavy atom. The maximum absolute atomic E-state index is 11.4. The molecule has 2 unspecified atom stereocenters. The van der Waals surface area contributed by atoms with Crippen LogP contribution >= 0.6 is 0 Å². The summed E-state index contributed by atoms with van der Waals surface area (Å²) in [6.07, 6.45) is 4.95. The lowest BCUT2D eigenvalue weighted by Gasteiger charge is -2.19. The van der Waals surface area contributed by atoms with E-state index < -0.39 is 5.97 Å². The van der Waals surface area contributed by atoms with E-state index in [0.29, 0.717) is 18.2 Å². The number of esters is 1. The van der Waals surface area contributed by atoms with Gasteiger partial charge in [-0.2, -0.15) is 0 Å². The second kappa shape index (κ2) is 5.82. The van der Waals surface area contributed by atoms with E-state index in [2.05, 4.69) is 9.72 Å². The smallest absolute Gasteiger partial charge is 0.356 e. The molecule has 0 aliphatic heterocycles. The number of pyridine rings is 1. The Morgan fingerprint density at radius 2 is 2.39 bits per heavy atom. The molecular formula is C13H18N2O3. The summed E-state index contributed by atoms with van der Waals surface area (Å²) in [4.78, 5) is 15.3. The first-order chi connectivity index (χ1) is 8.74. The van der Waals surface area contributed by atoms with Crippen LogP contribution in [0.2, 0.25) is 0 Å². The molecule has 1 heterocycles. The van der Waals surface area contributed by atoms with Gasteiger partial charge in [0.15, 0.2) is 5.69 Å². The van der Waals surface area contributed by atoms with Gasteiger partial charge in [-0.1, -0.05) is 0 Å².